The van der Waals surface area contributed by atoms with Gasteiger partial charge in [0.05, 0.1) is 0 Å². The van der Waals surface area contributed by atoms with Gasteiger partial charge in [0, 0.05) is 12.2 Å². The summed E-state index contributed by atoms with van der Waals surface area (Å²) in [5.41, 5.74) is 2.89. The molecule has 2 atom stereocenters. The minimum atomic E-state index is -0.908. The van der Waals surface area contributed by atoms with Crippen LogP contribution in [0.4, 0.5) is 10.5 Å². The molecule has 1 aliphatic rings. The first-order valence-electron chi connectivity index (χ1n) is 12.2. The van der Waals surface area contributed by atoms with Crippen molar-refractivity contribution in [1.29, 1.82) is 0 Å². The predicted octanol–water partition coefficient (Wildman–Crippen LogP) is 5.31. The van der Waals surface area contributed by atoms with Crippen molar-refractivity contribution in [3.8, 4) is 0 Å². The van der Waals surface area contributed by atoms with Gasteiger partial charge in [-0.3, -0.25) is 14.5 Å². The summed E-state index contributed by atoms with van der Waals surface area (Å²) in [6.45, 7) is 12.0. The lowest BCUT2D eigenvalue weighted by Crippen LogP contribution is -2.49. The van der Waals surface area contributed by atoms with Crippen molar-refractivity contribution in [2.24, 2.45) is 0 Å². The van der Waals surface area contributed by atoms with E-state index in [9.17, 15) is 14.4 Å². The highest BCUT2D eigenvalue weighted by molar-refractivity contribution is 5.99. The van der Waals surface area contributed by atoms with Crippen molar-refractivity contribution in [3.05, 3.63) is 65.2 Å². The van der Waals surface area contributed by atoms with Crippen molar-refractivity contribution in [2.45, 2.75) is 78.0 Å². The van der Waals surface area contributed by atoms with Crippen LogP contribution in [-0.2, 0) is 14.3 Å². The maximum Gasteiger partial charge on any atom is 0.410 e. The molecule has 1 aliphatic heterocycles. The predicted molar refractivity (Wildman–Crippen MR) is 137 cm³/mol. The standard InChI is InChI=1S/C28H37N3O4/c1-18(2)20-13-15-22(16-14-20)29-26(33)24(21-11-9-19(3)10-12-21)30-25(32)23-8-7-17-31(23)27(34)35-28(4,5)6/h9-16,18,23-24H,7-8,17H2,1-6H3,(H,29,33)(H,30,32)/t23-,24-/m1/s1. The van der Waals surface area contributed by atoms with Gasteiger partial charge in [-0.2, -0.15) is 0 Å². The van der Waals surface area contributed by atoms with Crippen LogP contribution in [0, 0.1) is 6.92 Å². The maximum absolute atomic E-state index is 13.3. The quantitative estimate of drug-likeness (QED) is 0.587. The van der Waals surface area contributed by atoms with Crippen molar-refractivity contribution in [3.63, 3.8) is 0 Å². The Labute approximate surface area is 208 Å². The van der Waals surface area contributed by atoms with Crippen molar-refractivity contribution >= 4 is 23.6 Å². The molecule has 7 heteroatoms. The molecule has 2 aromatic carbocycles. The molecule has 0 unspecified atom stereocenters. The molecule has 3 rings (SSSR count). The van der Waals surface area contributed by atoms with E-state index in [-0.39, 0.29) is 11.8 Å². The Bertz CT molecular complexity index is 1040. The zero-order valence-corrected chi connectivity index (χ0v) is 21.6. The number of likely N-dealkylation sites (tertiary alicyclic amines) is 1. The number of nitrogens with zero attached hydrogens (tertiary/aromatic N) is 1. The molecule has 2 aromatic rings. The van der Waals surface area contributed by atoms with Crippen molar-refractivity contribution < 1.29 is 19.1 Å². The summed E-state index contributed by atoms with van der Waals surface area (Å²) >= 11 is 0. The number of ether oxygens (including phenoxy) is 1. The van der Waals surface area contributed by atoms with E-state index in [1.165, 1.54) is 10.5 Å². The van der Waals surface area contributed by atoms with Gasteiger partial charge in [-0.15, -0.1) is 0 Å². The zero-order valence-electron chi connectivity index (χ0n) is 21.6. The van der Waals surface area contributed by atoms with Crippen LogP contribution in [-0.4, -0.2) is 41.0 Å². The molecular weight excluding hydrogens is 442 g/mol. The molecule has 0 aliphatic carbocycles. The van der Waals surface area contributed by atoms with Crippen LogP contribution in [0.15, 0.2) is 48.5 Å². The number of benzene rings is 2. The average molecular weight is 480 g/mol. The van der Waals surface area contributed by atoms with Crippen LogP contribution in [0.2, 0.25) is 0 Å². The summed E-state index contributed by atoms with van der Waals surface area (Å²) in [7, 11) is 0. The van der Waals surface area contributed by atoms with Gasteiger partial charge in [-0.05, 0) is 69.7 Å². The highest BCUT2D eigenvalue weighted by Crippen LogP contribution is 2.24. The van der Waals surface area contributed by atoms with E-state index < -0.39 is 23.8 Å². The molecule has 1 saturated heterocycles. The number of carbonyl (C=O) groups is 3. The fourth-order valence-corrected chi connectivity index (χ4v) is 4.04. The van der Waals surface area contributed by atoms with Crippen molar-refractivity contribution in [2.75, 3.05) is 11.9 Å². The van der Waals surface area contributed by atoms with Gasteiger partial charge in [-0.1, -0.05) is 55.8 Å². The van der Waals surface area contributed by atoms with Gasteiger partial charge in [0.15, 0.2) is 0 Å². The summed E-state index contributed by atoms with van der Waals surface area (Å²) in [5, 5.41) is 5.81. The Hall–Kier alpha value is -3.35. The van der Waals surface area contributed by atoms with Gasteiger partial charge in [-0.25, -0.2) is 4.79 Å². The molecule has 1 heterocycles. The van der Waals surface area contributed by atoms with Gasteiger partial charge >= 0.3 is 6.09 Å². The SMILES string of the molecule is Cc1ccc([C@@H](NC(=O)[C@H]2CCCN2C(=O)OC(C)(C)C)C(=O)Nc2ccc(C(C)C)cc2)cc1. The van der Waals surface area contributed by atoms with E-state index in [2.05, 4.69) is 24.5 Å². The fourth-order valence-electron chi connectivity index (χ4n) is 4.04. The number of amides is 3. The highest BCUT2D eigenvalue weighted by atomic mass is 16.6. The zero-order chi connectivity index (χ0) is 25.8. The first-order chi connectivity index (χ1) is 16.4. The molecule has 0 radical (unpaired) electrons. The summed E-state index contributed by atoms with van der Waals surface area (Å²) in [5.74, 6) is -0.329. The molecule has 3 amide bonds. The minimum Gasteiger partial charge on any atom is -0.444 e. The van der Waals surface area contributed by atoms with Crippen LogP contribution in [0.5, 0.6) is 0 Å². The molecule has 188 valence electrons. The molecule has 1 fully saturated rings. The molecule has 7 nitrogen and oxygen atoms in total. The number of aryl methyl sites for hydroxylation is 1. The van der Waals surface area contributed by atoms with Gasteiger partial charge in [0.2, 0.25) is 5.91 Å². The minimum absolute atomic E-state index is 0.346. The van der Waals surface area contributed by atoms with Gasteiger partial charge < -0.3 is 15.4 Å². The van der Waals surface area contributed by atoms with E-state index >= 15 is 0 Å². The molecule has 0 bridgehead atoms. The molecular formula is C28H37N3O4. The van der Waals surface area contributed by atoms with Gasteiger partial charge in [0.25, 0.3) is 5.91 Å². The summed E-state index contributed by atoms with van der Waals surface area (Å²) in [4.78, 5) is 40.8. The Kier molecular flexibility index (Phi) is 8.20. The molecule has 0 saturated carbocycles. The largest absolute Gasteiger partial charge is 0.444 e. The third kappa shape index (κ3) is 7.07. The second-order valence-corrected chi connectivity index (χ2v) is 10.5. The van der Waals surface area contributed by atoms with Crippen LogP contribution in [0.1, 0.15) is 76.1 Å². The topological polar surface area (TPSA) is 87.7 Å². The lowest BCUT2D eigenvalue weighted by molar-refractivity contribution is -0.129. The molecule has 0 spiro atoms. The maximum atomic E-state index is 13.3. The Balaban J connectivity index is 1.79. The van der Waals surface area contributed by atoms with Crippen LogP contribution in [0.3, 0.4) is 0 Å². The van der Waals surface area contributed by atoms with Gasteiger partial charge in [0.1, 0.15) is 17.7 Å². The number of hydrogen-bond donors (Lipinski definition) is 2. The van der Waals surface area contributed by atoms with E-state index in [0.29, 0.717) is 36.6 Å². The summed E-state index contributed by atoms with van der Waals surface area (Å²) < 4.78 is 5.49. The number of carbonyl (C=O) groups excluding carboxylic acids is 3. The first kappa shape index (κ1) is 26.3. The monoisotopic (exact) mass is 479 g/mol. The fraction of sp³-hybridized carbons (Fsp3) is 0.464. The van der Waals surface area contributed by atoms with E-state index in [1.807, 2.05) is 55.5 Å². The number of hydrogen-bond acceptors (Lipinski definition) is 4. The first-order valence-corrected chi connectivity index (χ1v) is 12.2. The van der Waals surface area contributed by atoms with Crippen LogP contribution < -0.4 is 10.6 Å². The smallest absolute Gasteiger partial charge is 0.410 e. The molecule has 35 heavy (non-hydrogen) atoms. The van der Waals surface area contributed by atoms with E-state index in [0.717, 1.165) is 5.56 Å². The lowest BCUT2D eigenvalue weighted by atomic mass is 10.0. The second kappa shape index (κ2) is 10.9. The Morgan fingerprint density at radius 2 is 1.57 bits per heavy atom. The summed E-state index contributed by atoms with van der Waals surface area (Å²) in [6.07, 6.45) is 0.696. The number of rotatable bonds is 6. The summed E-state index contributed by atoms with van der Waals surface area (Å²) in [6, 6.07) is 13.6. The normalized spacial score (nSPS) is 16.7. The Morgan fingerprint density at radius 1 is 0.971 bits per heavy atom. The number of nitrogens with one attached hydrogen (secondary N) is 2. The van der Waals surface area contributed by atoms with E-state index in [4.69, 9.17) is 4.74 Å². The molecule has 2 N–H and O–H groups in total. The third-order valence-electron chi connectivity index (χ3n) is 5.99. The highest BCUT2D eigenvalue weighted by Gasteiger charge is 2.38. The van der Waals surface area contributed by atoms with E-state index in [1.54, 1.807) is 20.8 Å². The van der Waals surface area contributed by atoms with Crippen molar-refractivity contribution in [1.82, 2.24) is 10.2 Å². The average Bonchev–Trinajstić information content (AvgIpc) is 3.28. The Morgan fingerprint density at radius 3 is 2.14 bits per heavy atom. The second-order valence-electron chi connectivity index (χ2n) is 10.5. The lowest BCUT2D eigenvalue weighted by Gasteiger charge is -2.29. The van der Waals surface area contributed by atoms with Crippen LogP contribution in [0.25, 0.3) is 0 Å². The third-order valence-corrected chi connectivity index (χ3v) is 5.99. The number of anilines is 1. The van der Waals surface area contributed by atoms with Crippen LogP contribution >= 0.6 is 0 Å². The molecule has 0 aromatic heterocycles.